The maximum Gasteiger partial charge on any atom is 0.269 e. The Hall–Kier alpha value is -1.71. The molecule has 1 aromatic rings. The van der Waals surface area contributed by atoms with Crippen molar-refractivity contribution < 1.29 is 13.2 Å². The largest absolute Gasteiger partial charge is 0.358 e. The number of thiocarbonyl (C=S) groups is 1. The van der Waals surface area contributed by atoms with Gasteiger partial charge in [0.25, 0.3) is 5.91 Å². The third kappa shape index (κ3) is 5.15. The molecule has 7 nitrogen and oxygen atoms in total. The lowest BCUT2D eigenvalue weighted by Gasteiger charge is -2.30. The Balaban J connectivity index is 1.94. The number of carbonyl (C=O) groups excluding carboxylic acids is 1. The summed E-state index contributed by atoms with van der Waals surface area (Å²) in [5, 5.41) is 3.58. The monoisotopic (exact) mass is 398 g/mol. The Kier molecular flexibility index (Phi) is 6.96. The summed E-state index contributed by atoms with van der Waals surface area (Å²) in [6, 6.07) is 6.17. The standard InChI is InChI=1S/C17H26N4O3S2/c1-12-7-4-5-10-15(12)18-17(25)20-19-16(22)13-8-6-9-14(11-13)26(23,24)21(2)3/h6,8-9,11-12,15H,4-5,7,10H2,1-3H3,(H,19,22)(H2,18,20,25)/t12-,15-/m1/s1. The molecule has 9 heteroatoms. The van der Waals surface area contributed by atoms with Gasteiger partial charge in [-0.15, -0.1) is 0 Å². The fraction of sp³-hybridized carbons (Fsp3) is 0.529. The van der Waals surface area contributed by atoms with Gasteiger partial charge in [0.1, 0.15) is 0 Å². The van der Waals surface area contributed by atoms with Crippen molar-refractivity contribution in [2.24, 2.45) is 5.92 Å². The smallest absolute Gasteiger partial charge is 0.269 e. The van der Waals surface area contributed by atoms with E-state index in [1.807, 2.05) is 0 Å². The summed E-state index contributed by atoms with van der Waals surface area (Å²) in [4.78, 5) is 12.3. The Morgan fingerprint density at radius 2 is 1.88 bits per heavy atom. The summed E-state index contributed by atoms with van der Waals surface area (Å²) in [6.45, 7) is 2.19. The van der Waals surface area contributed by atoms with Crippen molar-refractivity contribution in [3.8, 4) is 0 Å². The van der Waals surface area contributed by atoms with E-state index in [9.17, 15) is 13.2 Å². The van der Waals surface area contributed by atoms with Crippen molar-refractivity contribution in [3.05, 3.63) is 29.8 Å². The maximum atomic E-state index is 12.3. The highest BCUT2D eigenvalue weighted by atomic mass is 32.2. The third-order valence-electron chi connectivity index (χ3n) is 4.59. The average Bonchev–Trinajstić information content (AvgIpc) is 2.61. The Labute approximate surface area is 160 Å². The molecule has 1 aliphatic carbocycles. The lowest BCUT2D eigenvalue weighted by atomic mass is 9.86. The molecular weight excluding hydrogens is 372 g/mol. The number of benzene rings is 1. The van der Waals surface area contributed by atoms with E-state index in [1.54, 1.807) is 6.07 Å². The van der Waals surface area contributed by atoms with Gasteiger partial charge in [-0.05, 0) is 49.2 Å². The molecule has 0 bridgehead atoms. The molecule has 0 spiro atoms. The van der Waals surface area contributed by atoms with Gasteiger partial charge < -0.3 is 5.32 Å². The number of sulfonamides is 1. The molecule has 144 valence electrons. The van der Waals surface area contributed by atoms with Crippen LogP contribution >= 0.6 is 12.2 Å². The minimum Gasteiger partial charge on any atom is -0.358 e. The van der Waals surface area contributed by atoms with Gasteiger partial charge in [0.05, 0.1) is 4.90 Å². The summed E-state index contributed by atoms with van der Waals surface area (Å²) in [5.74, 6) is 0.0776. The lowest BCUT2D eigenvalue weighted by molar-refractivity contribution is 0.0943. The zero-order valence-corrected chi connectivity index (χ0v) is 16.9. The molecule has 0 radical (unpaired) electrons. The second kappa shape index (κ2) is 8.79. The Morgan fingerprint density at radius 1 is 1.19 bits per heavy atom. The van der Waals surface area contributed by atoms with Crippen LogP contribution in [0.3, 0.4) is 0 Å². The molecule has 1 fully saturated rings. The van der Waals surface area contributed by atoms with E-state index in [4.69, 9.17) is 12.2 Å². The highest BCUT2D eigenvalue weighted by Crippen LogP contribution is 2.23. The number of rotatable bonds is 4. The van der Waals surface area contributed by atoms with Gasteiger partial charge >= 0.3 is 0 Å². The summed E-state index contributed by atoms with van der Waals surface area (Å²) in [5.41, 5.74) is 5.43. The van der Waals surface area contributed by atoms with Gasteiger partial charge in [0.15, 0.2) is 5.11 Å². The van der Waals surface area contributed by atoms with Gasteiger partial charge in [-0.3, -0.25) is 15.6 Å². The molecule has 0 unspecified atom stereocenters. The molecular formula is C17H26N4O3S2. The van der Waals surface area contributed by atoms with Crippen molar-refractivity contribution >= 4 is 33.3 Å². The highest BCUT2D eigenvalue weighted by Gasteiger charge is 2.22. The molecule has 2 atom stereocenters. The molecule has 26 heavy (non-hydrogen) atoms. The highest BCUT2D eigenvalue weighted by molar-refractivity contribution is 7.89. The number of nitrogens with one attached hydrogen (secondary N) is 3. The molecule has 0 heterocycles. The second-order valence-electron chi connectivity index (χ2n) is 6.74. The molecule has 0 aliphatic heterocycles. The van der Waals surface area contributed by atoms with Crippen LogP contribution in [0, 0.1) is 5.92 Å². The van der Waals surface area contributed by atoms with Crippen LogP contribution in [0.1, 0.15) is 43.0 Å². The third-order valence-corrected chi connectivity index (χ3v) is 6.62. The summed E-state index contributed by atoms with van der Waals surface area (Å²) in [7, 11) is -0.706. The van der Waals surface area contributed by atoms with Gasteiger partial charge in [0.2, 0.25) is 10.0 Å². The van der Waals surface area contributed by atoms with E-state index in [0.29, 0.717) is 17.1 Å². The summed E-state index contributed by atoms with van der Waals surface area (Å²) in [6.07, 6.45) is 4.63. The first-order valence-electron chi connectivity index (χ1n) is 8.61. The fourth-order valence-electron chi connectivity index (χ4n) is 2.93. The van der Waals surface area contributed by atoms with Gasteiger partial charge in [0, 0.05) is 25.7 Å². The number of nitrogens with zero attached hydrogens (tertiary/aromatic N) is 1. The maximum absolute atomic E-state index is 12.3. The molecule has 3 N–H and O–H groups in total. The molecule has 1 amide bonds. The van der Waals surface area contributed by atoms with Crippen molar-refractivity contribution in [1.29, 1.82) is 0 Å². The zero-order valence-electron chi connectivity index (χ0n) is 15.3. The summed E-state index contributed by atoms with van der Waals surface area (Å²) < 4.78 is 25.4. The molecule has 1 aromatic carbocycles. The van der Waals surface area contributed by atoms with Gasteiger partial charge in [-0.1, -0.05) is 25.8 Å². The SMILES string of the molecule is C[C@@H]1CCCC[C@H]1NC(=S)NNC(=O)c1cccc(S(=O)(=O)N(C)C)c1. The van der Waals surface area contributed by atoms with Crippen molar-refractivity contribution in [1.82, 2.24) is 20.5 Å². The van der Waals surface area contributed by atoms with Crippen molar-refractivity contribution in [3.63, 3.8) is 0 Å². The average molecular weight is 399 g/mol. The molecule has 1 aliphatic rings. The van der Waals surface area contributed by atoms with Crippen LogP contribution in [-0.4, -0.2) is 43.9 Å². The van der Waals surface area contributed by atoms with E-state index in [0.717, 1.165) is 10.7 Å². The Morgan fingerprint density at radius 3 is 2.54 bits per heavy atom. The summed E-state index contributed by atoms with van der Waals surface area (Å²) >= 11 is 5.24. The first kappa shape index (κ1) is 20.6. The van der Waals surface area contributed by atoms with Gasteiger partial charge in [-0.25, -0.2) is 12.7 Å². The topological polar surface area (TPSA) is 90.5 Å². The van der Waals surface area contributed by atoms with Crippen molar-refractivity contribution in [2.45, 2.75) is 43.5 Å². The number of hydrazine groups is 1. The number of hydrogen-bond donors (Lipinski definition) is 3. The number of hydrogen-bond acceptors (Lipinski definition) is 4. The zero-order chi connectivity index (χ0) is 19.3. The molecule has 0 saturated heterocycles. The van der Waals surface area contributed by atoms with E-state index in [-0.39, 0.29) is 10.5 Å². The van der Waals surface area contributed by atoms with Crippen LogP contribution in [0.25, 0.3) is 0 Å². The first-order valence-corrected chi connectivity index (χ1v) is 10.5. The normalized spacial score (nSPS) is 20.5. The quantitative estimate of drug-likeness (QED) is 0.528. The van der Waals surface area contributed by atoms with E-state index in [2.05, 4.69) is 23.1 Å². The number of amides is 1. The van der Waals surface area contributed by atoms with Crippen LogP contribution in [0.2, 0.25) is 0 Å². The van der Waals surface area contributed by atoms with Gasteiger partial charge in [-0.2, -0.15) is 0 Å². The van der Waals surface area contributed by atoms with E-state index in [1.165, 1.54) is 51.6 Å². The van der Waals surface area contributed by atoms with Crippen LogP contribution in [0.4, 0.5) is 0 Å². The minimum atomic E-state index is -3.59. The predicted molar refractivity (Wildman–Crippen MR) is 105 cm³/mol. The lowest BCUT2D eigenvalue weighted by Crippen LogP contribution is -2.51. The fourth-order valence-corrected chi connectivity index (χ4v) is 4.08. The van der Waals surface area contributed by atoms with Crippen LogP contribution < -0.4 is 16.2 Å². The van der Waals surface area contributed by atoms with E-state index >= 15 is 0 Å². The second-order valence-corrected chi connectivity index (χ2v) is 9.30. The van der Waals surface area contributed by atoms with Crippen molar-refractivity contribution in [2.75, 3.05) is 14.1 Å². The molecule has 2 rings (SSSR count). The Bertz CT molecular complexity index is 765. The van der Waals surface area contributed by atoms with Crippen LogP contribution in [0.15, 0.2) is 29.2 Å². The van der Waals surface area contributed by atoms with E-state index < -0.39 is 15.9 Å². The number of carbonyl (C=O) groups is 1. The first-order chi connectivity index (χ1) is 12.2. The van der Waals surface area contributed by atoms with Crippen LogP contribution in [-0.2, 0) is 10.0 Å². The molecule has 1 saturated carbocycles. The molecule has 0 aromatic heterocycles. The minimum absolute atomic E-state index is 0.0619. The predicted octanol–water partition coefficient (Wildman–Crippen LogP) is 1.62. The van der Waals surface area contributed by atoms with Crippen LogP contribution in [0.5, 0.6) is 0 Å².